The summed E-state index contributed by atoms with van der Waals surface area (Å²) >= 11 is 6.91. The number of alkyl halides is 3. The van der Waals surface area contributed by atoms with Crippen molar-refractivity contribution in [1.82, 2.24) is 14.6 Å². The second-order valence-electron chi connectivity index (χ2n) is 7.87. The highest BCUT2D eigenvalue weighted by atomic mass is 35.5. The van der Waals surface area contributed by atoms with Gasteiger partial charge in [0, 0.05) is 24.2 Å². The molecule has 0 bridgehead atoms. The second-order valence-corrected chi connectivity index (χ2v) is 11.3. The van der Waals surface area contributed by atoms with E-state index in [4.69, 9.17) is 32.6 Å². The summed E-state index contributed by atoms with van der Waals surface area (Å²) in [6.07, 6.45) is -4.79. The third-order valence-corrected chi connectivity index (χ3v) is 8.42. The van der Waals surface area contributed by atoms with Gasteiger partial charge in [-0.3, -0.25) is 10.2 Å². The molecule has 3 aromatic rings. The number of thiophene rings is 1. The van der Waals surface area contributed by atoms with E-state index in [0.717, 1.165) is 11.3 Å². The minimum Gasteiger partial charge on any atom is -0.508 e. The number of nitrogens with two attached hydrogens (primary N) is 1. The minimum absolute atomic E-state index is 0.0294. The summed E-state index contributed by atoms with van der Waals surface area (Å²) < 4.78 is 60.6. The molecule has 38 heavy (non-hydrogen) atoms. The summed E-state index contributed by atoms with van der Waals surface area (Å²) in [6, 6.07) is 8.25. The average molecular weight is 594 g/mol. The highest BCUT2D eigenvalue weighted by Crippen LogP contribution is 2.30. The van der Waals surface area contributed by atoms with Crippen molar-refractivity contribution in [3.05, 3.63) is 52.7 Å². The molecule has 0 spiro atoms. The smallest absolute Gasteiger partial charge is 0.490 e. The van der Waals surface area contributed by atoms with Gasteiger partial charge in [-0.15, -0.1) is 11.3 Å². The van der Waals surface area contributed by atoms with Crippen LogP contribution in [-0.2, 0) is 26.2 Å². The van der Waals surface area contributed by atoms with Crippen LogP contribution in [0.1, 0.15) is 17.5 Å². The van der Waals surface area contributed by atoms with Gasteiger partial charge in [0.1, 0.15) is 27.0 Å². The number of aliphatic carboxylic acids is 1. The number of aromatic hydroxyl groups is 1. The highest BCUT2D eigenvalue weighted by molar-refractivity contribution is 7.91. The number of amides is 1. The molecular formula is C21H19ClF3N5O6S2. The van der Waals surface area contributed by atoms with E-state index in [9.17, 15) is 31.5 Å². The van der Waals surface area contributed by atoms with E-state index in [1.807, 2.05) is 0 Å². The van der Waals surface area contributed by atoms with Crippen molar-refractivity contribution in [2.24, 2.45) is 5.73 Å². The zero-order chi connectivity index (χ0) is 28.4. The molecule has 2 aromatic heterocycles. The number of hydrogen-bond donors (Lipinski definition) is 5. The number of nitrogens with one attached hydrogen (secondary N) is 2. The number of aromatic nitrogens is 1. The highest BCUT2D eigenvalue weighted by Gasteiger charge is 2.38. The van der Waals surface area contributed by atoms with Crippen molar-refractivity contribution in [2.45, 2.75) is 29.4 Å². The number of sulfonamides is 1. The molecule has 11 nitrogen and oxygen atoms in total. The first kappa shape index (κ1) is 29.1. The molecule has 17 heteroatoms. The van der Waals surface area contributed by atoms with Crippen LogP contribution in [-0.4, -0.2) is 65.0 Å². The van der Waals surface area contributed by atoms with E-state index < -0.39 is 34.1 Å². The Morgan fingerprint density at radius 2 is 1.95 bits per heavy atom. The predicted octanol–water partition coefficient (Wildman–Crippen LogP) is 2.65. The number of nitrogen functional groups attached to an aromatic ring is 1. The first-order valence-electron chi connectivity index (χ1n) is 10.4. The van der Waals surface area contributed by atoms with Gasteiger partial charge >= 0.3 is 12.1 Å². The topological polar surface area (TPSA) is 187 Å². The fourth-order valence-electron chi connectivity index (χ4n) is 3.34. The average Bonchev–Trinajstić information content (AvgIpc) is 3.39. The number of nitrogens with zero attached hydrogens (tertiary/aromatic N) is 2. The quantitative estimate of drug-likeness (QED) is 0.164. The summed E-state index contributed by atoms with van der Waals surface area (Å²) in [7, 11) is -3.93. The van der Waals surface area contributed by atoms with Crippen LogP contribution in [0.2, 0.25) is 5.15 Å². The third kappa shape index (κ3) is 6.89. The van der Waals surface area contributed by atoms with Gasteiger partial charge in [-0.25, -0.2) is 18.2 Å². The molecule has 1 atom stereocenters. The normalized spacial score (nSPS) is 15.8. The van der Waals surface area contributed by atoms with E-state index in [1.165, 1.54) is 29.2 Å². The number of rotatable bonds is 6. The van der Waals surface area contributed by atoms with Gasteiger partial charge in [0.2, 0.25) is 5.91 Å². The maximum atomic E-state index is 12.8. The number of carboxylic acids is 1. The molecule has 1 unspecified atom stereocenters. The van der Waals surface area contributed by atoms with Gasteiger partial charge in [-0.2, -0.15) is 17.9 Å². The number of amidine groups is 1. The van der Waals surface area contributed by atoms with Crippen LogP contribution in [0.5, 0.6) is 5.75 Å². The number of carbonyl (C=O) groups excluding carboxylic acids is 1. The number of phenols is 1. The van der Waals surface area contributed by atoms with Gasteiger partial charge in [0.25, 0.3) is 10.0 Å². The number of halogens is 4. The zero-order valence-electron chi connectivity index (χ0n) is 19.0. The summed E-state index contributed by atoms with van der Waals surface area (Å²) in [5, 5.41) is 25.0. The fourth-order valence-corrected chi connectivity index (χ4v) is 6.06. The lowest BCUT2D eigenvalue weighted by Crippen LogP contribution is -2.41. The molecule has 1 saturated heterocycles. The van der Waals surface area contributed by atoms with E-state index >= 15 is 0 Å². The number of benzene rings is 1. The Balaban J connectivity index is 0.000000505. The lowest BCUT2D eigenvalue weighted by molar-refractivity contribution is -0.192. The molecule has 1 aromatic carbocycles. The van der Waals surface area contributed by atoms with Crippen LogP contribution in [0.25, 0.3) is 10.2 Å². The number of carbonyl (C=O) groups is 2. The Labute approximate surface area is 222 Å². The molecule has 1 amide bonds. The largest absolute Gasteiger partial charge is 0.508 e. The van der Waals surface area contributed by atoms with E-state index in [0.29, 0.717) is 34.3 Å². The molecule has 0 aliphatic carbocycles. The molecule has 0 saturated carbocycles. The lowest BCUT2D eigenvalue weighted by atomic mass is 10.1. The Kier molecular flexibility index (Phi) is 8.50. The first-order valence-corrected chi connectivity index (χ1v) is 13.1. The molecular weight excluding hydrogens is 575 g/mol. The second kappa shape index (κ2) is 11.1. The van der Waals surface area contributed by atoms with E-state index in [1.54, 1.807) is 12.1 Å². The minimum atomic E-state index is -5.08. The SMILES string of the molecule is N=C(N)c1ccc(O)c(CN2CCC(NS(=O)(=O)c3cc4nc(Cl)ccc4s3)C2=O)c1.O=C(O)C(F)(F)F. The number of likely N-dealkylation sites (tertiary alicyclic amines) is 1. The molecule has 6 N–H and O–H groups in total. The Bertz CT molecular complexity index is 1510. The van der Waals surface area contributed by atoms with Gasteiger partial charge in [-0.1, -0.05) is 11.6 Å². The number of hydrogen-bond acceptors (Lipinski definition) is 8. The summed E-state index contributed by atoms with van der Waals surface area (Å²) in [4.78, 5) is 27.2. The van der Waals surface area contributed by atoms with Crippen molar-refractivity contribution in [1.29, 1.82) is 5.41 Å². The molecule has 204 valence electrons. The molecule has 1 fully saturated rings. The molecule has 0 radical (unpaired) electrons. The van der Waals surface area contributed by atoms with Crippen LogP contribution >= 0.6 is 22.9 Å². The summed E-state index contributed by atoms with van der Waals surface area (Å²) in [5.41, 5.74) is 6.81. The van der Waals surface area contributed by atoms with Crippen molar-refractivity contribution < 1.29 is 41.4 Å². The summed E-state index contributed by atoms with van der Waals surface area (Å²) in [6.45, 7) is 0.397. The van der Waals surface area contributed by atoms with Crippen LogP contribution in [0, 0.1) is 5.41 Å². The van der Waals surface area contributed by atoms with Crippen LogP contribution in [0.4, 0.5) is 13.2 Å². The van der Waals surface area contributed by atoms with Crippen molar-refractivity contribution in [2.75, 3.05) is 6.54 Å². The number of phenolic OH excluding ortho intramolecular Hbond substituents is 1. The molecule has 1 aliphatic heterocycles. The van der Waals surface area contributed by atoms with Crippen LogP contribution < -0.4 is 10.5 Å². The predicted molar refractivity (Wildman–Crippen MR) is 132 cm³/mol. The van der Waals surface area contributed by atoms with Crippen LogP contribution in [0.15, 0.2) is 40.6 Å². The lowest BCUT2D eigenvalue weighted by Gasteiger charge is -2.18. The standard InChI is InChI=1S/C19H18ClN5O4S2.C2HF3O2/c20-16-4-3-15-13(23-16)8-17(30-15)31(28,29)24-12-5-6-25(19(12)27)9-11-7-10(18(21)22)1-2-14(11)26;3-2(4,5)1(6)7/h1-4,7-8,12,24,26H,5-6,9H2,(H3,21,22);(H,6,7). The summed E-state index contributed by atoms with van der Waals surface area (Å²) in [5.74, 6) is -3.33. The molecule has 4 rings (SSSR count). The maximum absolute atomic E-state index is 12.8. The number of pyridine rings is 1. The van der Waals surface area contributed by atoms with Crippen molar-refractivity contribution >= 4 is 60.9 Å². The van der Waals surface area contributed by atoms with Gasteiger partial charge in [-0.05, 0) is 42.8 Å². The van der Waals surface area contributed by atoms with Gasteiger partial charge < -0.3 is 20.8 Å². The third-order valence-electron chi connectivity index (χ3n) is 5.17. The van der Waals surface area contributed by atoms with Crippen LogP contribution in [0.3, 0.4) is 0 Å². The maximum Gasteiger partial charge on any atom is 0.490 e. The van der Waals surface area contributed by atoms with Crippen molar-refractivity contribution in [3.8, 4) is 5.75 Å². The Morgan fingerprint density at radius 3 is 2.55 bits per heavy atom. The number of carboxylic acid groups (broad SMARTS) is 1. The fraction of sp³-hybridized carbons (Fsp3) is 0.238. The van der Waals surface area contributed by atoms with Crippen molar-refractivity contribution in [3.63, 3.8) is 0 Å². The zero-order valence-corrected chi connectivity index (χ0v) is 21.4. The Hall–Kier alpha value is -3.47. The Morgan fingerprint density at radius 1 is 1.29 bits per heavy atom. The molecule has 1 aliphatic rings. The van der Waals surface area contributed by atoms with E-state index in [-0.39, 0.29) is 27.5 Å². The van der Waals surface area contributed by atoms with Gasteiger partial charge in [0.15, 0.2) is 0 Å². The number of fused-ring (bicyclic) bond motifs is 1. The molecule has 3 heterocycles. The van der Waals surface area contributed by atoms with E-state index in [2.05, 4.69) is 9.71 Å². The first-order chi connectivity index (χ1) is 17.6. The van der Waals surface area contributed by atoms with Gasteiger partial charge in [0.05, 0.1) is 10.2 Å². The monoisotopic (exact) mass is 593 g/mol.